The summed E-state index contributed by atoms with van der Waals surface area (Å²) in [6.07, 6.45) is 2.14. The van der Waals surface area contributed by atoms with Gasteiger partial charge in [0.15, 0.2) is 6.10 Å². The number of carbonyl (C=O) groups excluding carboxylic acids is 1. The van der Waals surface area contributed by atoms with Crippen molar-refractivity contribution in [1.29, 1.82) is 0 Å². The van der Waals surface area contributed by atoms with E-state index in [0.29, 0.717) is 35.6 Å². The maximum atomic E-state index is 13.0. The van der Waals surface area contributed by atoms with E-state index < -0.39 is 6.10 Å². The van der Waals surface area contributed by atoms with Gasteiger partial charge in [0.2, 0.25) is 11.8 Å². The Morgan fingerprint density at radius 2 is 2.22 bits per heavy atom. The van der Waals surface area contributed by atoms with Gasteiger partial charge in [-0.05, 0) is 58.5 Å². The van der Waals surface area contributed by atoms with Crippen molar-refractivity contribution in [1.82, 2.24) is 20.0 Å². The van der Waals surface area contributed by atoms with Crippen molar-refractivity contribution in [2.45, 2.75) is 44.9 Å². The fourth-order valence-electron chi connectivity index (χ4n) is 3.22. The van der Waals surface area contributed by atoms with Crippen LogP contribution in [0.4, 0.5) is 0 Å². The van der Waals surface area contributed by atoms with E-state index in [1.807, 2.05) is 19.0 Å². The second-order valence-corrected chi connectivity index (χ2v) is 7.47. The first-order chi connectivity index (χ1) is 12.9. The Labute approximate surface area is 164 Å². The summed E-state index contributed by atoms with van der Waals surface area (Å²) in [5.74, 6) is 1.53. The number of carbonyl (C=O) groups is 1. The average Bonchev–Trinajstić information content (AvgIpc) is 3.08. The van der Waals surface area contributed by atoms with Crippen LogP contribution in [0.5, 0.6) is 5.75 Å². The molecule has 0 unspecified atom stereocenters. The Morgan fingerprint density at radius 3 is 2.96 bits per heavy atom. The highest BCUT2D eigenvalue weighted by Gasteiger charge is 2.34. The minimum absolute atomic E-state index is 0.0907. The molecule has 0 saturated carbocycles. The highest BCUT2D eigenvalue weighted by Crippen LogP contribution is 2.31. The van der Waals surface area contributed by atoms with Crippen molar-refractivity contribution in [2.24, 2.45) is 0 Å². The van der Waals surface area contributed by atoms with E-state index in [9.17, 15) is 4.79 Å². The largest absolute Gasteiger partial charge is 0.481 e. The number of hydrogen-bond acceptors (Lipinski definition) is 6. The minimum atomic E-state index is -0.631. The molecule has 7 nitrogen and oxygen atoms in total. The third-order valence-corrected chi connectivity index (χ3v) is 4.70. The monoisotopic (exact) mass is 392 g/mol. The molecule has 1 amide bonds. The minimum Gasteiger partial charge on any atom is -0.481 e. The number of nitrogens with zero attached hydrogens (tertiary/aromatic N) is 4. The van der Waals surface area contributed by atoms with Crippen LogP contribution in [0.15, 0.2) is 28.7 Å². The molecule has 8 heteroatoms. The molecular formula is C19H25ClN4O3. The average molecular weight is 393 g/mol. The maximum Gasteiger partial charge on any atom is 0.264 e. The number of halogens is 1. The van der Waals surface area contributed by atoms with E-state index in [1.54, 1.807) is 36.1 Å². The van der Waals surface area contributed by atoms with Gasteiger partial charge in [-0.25, -0.2) is 0 Å². The lowest BCUT2D eigenvalue weighted by Gasteiger charge is -2.35. The Hall–Kier alpha value is -2.12. The van der Waals surface area contributed by atoms with Crippen LogP contribution in [0.25, 0.3) is 0 Å². The van der Waals surface area contributed by atoms with Crippen LogP contribution in [-0.2, 0) is 11.3 Å². The molecule has 1 aromatic heterocycles. The van der Waals surface area contributed by atoms with Gasteiger partial charge < -0.3 is 19.0 Å². The van der Waals surface area contributed by atoms with E-state index in [-0.39, 0.29) is 11.9 Å². The molecule has 2 aromatic rings. The Morgan fingerprint density at radius 1 is 1.41 bits per heavy atom. The van der Waals surface area contributed by atoms with Crippen molar-refractivity contribution in [2.75, 3.05) is 20.6 Å². The first-order valence-corrected chi connectivity index (χ1v) is 9.51. The van der Waals surface area contributed by atoms with Gasteiger partial charge in [-0.15, -0.1) is 10.2 Å². The summed E-state index contributed by atoms with van der Waals surface area (Å²) in [4.78, 5) is 16.8. The van der Waals surface area contributed by atoms with Crippen LogP contribution in [0, 0.1) is 0 Å². The van der Waals surface area contributed by atoms with Crippen LogP contribution in [0.2, 0.25) is 5.02 Å². The number of ether oxygens (including phenoxy) is 1. The van der Waals surface area contributed by atoms with E-state index in [4.69, 9.17) is 20.8 Å². The smallest absolute Gasteiger partial charge is 0.264 e. The highest BCUT2D eigenvalue weighted by atomic mass is 35.5. The summed E-state index contributed by atoms with van der Waals surface area (Å²) >= 11 is 5.99. The molecule has 1 aliphatic heterocycles. The number of hydrogen-bond donors (Lipinski definition) is 0. The van der Waals surface area contributed by atoms with Gasteiger partial charge in [-0.1, -0.05) is 17.7 Å². The van der Waals surface area contributed by atoms with Gasteiger partial charge in [-0.2, -0.15) is 0 Å². The number of benzene rings is 1. The van der Waals surface area contributed by atoms with Crippen molar-refractivity contribution in [3.8, 4) is 5.75 Å². The van der Waals surface area contributed by atoms with Crippen LogP contribution >= 0.6 is 11.6 Å². The zero-order valence-corrected chi connectivity index (χ0v) is 16.6. The van der Waals surface area contributed by atoms with E-state index >= 15 is 0 Å². The van der Waals surface area contributed by atoms with Crippen LogP contribution in [-0.4, -0.2) is 52.6 Å². The molecule has 1 fully saturated rings. The zero-order valence-electron chi connectivity index (χ0n) is 15.9. The summed E-state index contributed by atoms with van der Waals surface area (Å²) < 4.78 is 11.6. The molecule has 1 aromatic carbocycles. The molecule has 27 heavy (non-hydrogen) atoms. The molecule has 0 spiro atoms. The Bertz CT molecular complexity index is 780. The number of aromatic nitrogens is 2. The van der Waals surface area contributed by atoms with Gasteiger partial charge in [0, 0.05) is 11.6 Å². The Balaban J connectivity index is 1.72. The molecule has 3 rings (SSSR count). The lowest BCUT2D eigenvalue weighted by atomic mass is 10.0. The molecular weight excluding hydrogens is 368 g/mol. The summed E-state index contributed by atoms with van der Waals surface area (Å²) in [6, 6.07) is 6.84. The number of likely N-dealkylation sites (tertiary alicyclic amines) is 1. The Kier molecular flexibility index (Phi) is 6.34. The van der Waals surface area contributed by atoms with Crippen molar-refractivity contribution in [3.05, 3.63) is 41.1 Å². The molecule has 2 atom stereocenters. The van der Waals surface area contributed by atoms with Gasteiger partial charge in [0.1, 0.15) is 11.8 Å². The first kappa shape index (κ1) is 19.6. The second-order valence-electron chi connectivity index (χ2n) is 7.03. The van der Waals surface area contributed by atoms with E-state index in [1.165, 1.54) is 0 Å². The topological polar surface area (TPSA) is 71.7 Å². The summed E-state index contributed by atoms with van der Waals surface area (Å²) in [6.45, 7) is 2.97. The number of rotatable bonds is 6. The lowest BCUT2D eigenvalue weighted by Crippen LogP contribution is -2.45. The summed E-state index contributed by atoms with van der Waals surface area (Å²) in [5, 5.41) is 8.86. The fourth-order valence-corrected chi connectivity index (χ4v) is 3.40. The van der Waals surface area contributed by atoms with Crippen LogP contribution in [0.1, 0.15) is 44.0 Å². The van der Waals surface area contributed by atoms with Crippen LogP contribution < -0.4 is 4.74 Å². The second kappa shape index (κ2) is 8.71. The van der Waals surface area contributed by atoms with Gasteiger partial charge in [0.25, 0.3) is 5.91 Å². The normalized spacial score (nSPS) is 18.6. The fraction of sp³-hybridized carbons (Fsp3) is 0.526. The molecule has 1 saturated heterocycles. The SMILES string of the molecule is C[C@@H](Oc1cccc(Cl)c1)C(=O)N1CCCC[C@@H]1c1nnc(CN(C)C)o1. The predicted octanol–water partition coefficient (Wildman–Crippen LogP) is 3.31. The first-order valence-electron chi connectivity index (χ1n) is 9.13. The molecule has 146 valence electrons. The molecule has 0 N–H and O–H groups in total. The summed E-state index contributed by atoms with van der Waals surface area (Å²) in [7, 11) is 3.88. The van der Waals surface area contributed by atoms with Crippen molar-refractivity contribution in [3.63, 3.8) is 0 Å². The highest BCUT2D eigenvalue weighted by molar-refractivity contribution is 6.30. The van der Waals surface area contributed by atoms with Crippen molar-refractivity contribution < 1.29 is 13.9 Å². The number of piperidine rings is 1. The number of amides is 1. The van der Waals surface area contributed by atoms with Crippen LogP contribution in [0.3, 0.4) is 0 Å². The van der Waals surface area contributed by atoms with Gasteiger partial charge in [-0.3, -0.25) is 4.79 Å². The molecule has 0 aliphatic carbocycles. The quantitative estimate of drug-likeness (QED) is 0.751. The van der Waals surface area contributed by atoms with E-state index in [0.717, 1.165) is 19.3 Å². The molecule has 1 aliphatic rings. The predicted molar refractivity (Wildman–Crippen MR) is 102 cm³/mol. The van der Waals surface area contributed by atoms with Crippen molar-refractivity contribution >= 4 is 17.5 Å². The van der Waals surface area contributed by atoms with E-state index in [2.05, 4.69) is 10.2 Å². The van der Waals surface area contributed by atoms with Gasteiger partial charge >= 0.3 is 0 Å². The molecule has 2 heterocycles. The third-order valence-electron chi connectivity index (χ3n) is 4.46. The molecule has 0 radical (unpaired) electrons. The summed E-state index contributed by atoms with van der Waals surface area (Å²) in [5.41, 5.74) is 0. The third kappa shape index (κ3) is 4.99. The zero-order chi connectivity index (χ0) is 19.4. The lowest BCUT2D eigenvalue weighted by molar-refractivity contribution is -0.142. The standard InChI is InChI=1S/C19H25ClN4O3/c1-13(26-15-8-6-7-14(20)11-15)19(25)24-10-5-4-9-16(24)18-22-21-17(27-18)12-23(2)3/h6-8,11,13,16H,4-5,9-10,12H2,1-3H3/t13-,16-/m1/s1. The maximum absolute atomic E-state index is 13.0. The van der Waals surface area contributed by atoms with Gasteiger partial charge in [0.05, 0.1) is 6.54 Å². The molecule has 0 bridgehead atoms.